The van der Waals surface area contributed by atoms with Gasteiger partial charge >= 0.3 is 12.2 Å². The average Bonchev–Trinajstić information content (AvgIpc) is 2.81. The van der Waals surface area contributed by atoms with Crippen LogP contribution in [0.25, 0.3) is 0 Å². The molecule has 1 aromatic carbocycles. The summed E-state index contributed by atoms with van der Waals surface area (Å²) in [6.45, 7) is 7.29. The summed E-state index contributed by atoms with van der Waals surface area (Å²) in [7, 11) is 0. The molecule has 2 aromatic rings. The summed E-state index contributed by atoms with van der Waals surface area (Å²) in [5.74, 6) is 0.239. The number of likely N-dealkylation sites (tertiary alicyclic amines) is 1. The van der Waals surface area contributed by atoms with Crippen LogP contribution in [0.3, 0.4) is 0 Å². The Balaban J connectivity index is 1.28. The van der Waals surface area contributed by atoms with E-state index in [-0.39, 0.29) is 30.1 Å². The lowest BCUT2D eigenvalue weighted by molar-refractivity contribution is -0.138. The molecule has 35 heavy (non-hydrogen) atoms. The molecule has 0 unspecified atom stereocenters. The number of rotatable bonds is 4. The molecule has 11 heteroatoms. The topological polar surface area (TPSA) is 64.6 Å². The zero-order chi connectivity index (χ0) is 25.2. The number of hydrogen-bond donors (Lipinski definition) is 1. The number of urea groups is 1. The number of benzene rings is 1. The molecule has 2 fully saturated rings. The van der Waals surface area contributed by atoms with Crippen molar-refractivity contribution in [2.45, 2.75) is 57.5 Å². The first-order valence-electron chi connectivity index (χ1n) is 11.8. The van der Waals surface area contributed by atoms with Crippen LogP contribution in [0.2, 0.25) is 5.02 Å². The molecule has 2 aliphatic rings. The predicted molar refractivity (Wildman–Crippen MR) is 128 cm³/mol. The van der Waals surface area contributed by atoms with E-state index in [0.29, 0.717) is 13.1 Å². The SMILES string of the molecule is C[C@@H]1CN(c2ncc(C(F)(F)F)cn2)C[C@H](C)N1C(=O)NC1CCN(Cc2ccccc2Cl)CC1. The van der Waals surface area contributed by atoms with Crippen LogP contribution in [0, 0.1) is 0 Å². The van der Waals surface area contributed by atoms with Gasteiger partial charge in [-0.05, 0) is 38.3 Å². The Hall–Kier alpha value is -2.59. The Morgan fingerprint density at radius 3 is 2.26 bits per heavy atom. The summed E-state index contributed by atoms with van der Waals surface area (Å²) >= 11 is 6.28. The Kier molecular flexibility index (Phi) is 7.70. The van der Waals surface area contributed by atoms with Gasteiger partial charge in [0.15, 0.2) is 0 Å². The minimum Gasteiger partial charge on any atom is -0.337 e. The maximum Gasteiger partial charge on any atom is 0.419 e. The van der Waals surface area contributed by atoms with Crippen molar-refractivity contribution < 1.29 is 18.0 Å². The highest BCUT2D eigenvalue weighted by Gasteiger charge is 2.36. The maximum absolute atomic E-state index is 13.1. The quantitative estimate of drug-likeness (QED) is 0.659. The Bertz CT molecular complexity index is 1000. The van der Waals surface area contributed by atoms with Gasteiger partial charge in [-0.2, -0.15) is 13.2 Å². The average molecular weight is 511 g/mol. The number of carbonyl (C=O) groups is 1. The van der Waals surface area contributed by atoms with Gasteiger partial charge < -0.3 is 15.1 Å². The van der Waals surface area contributed by atoms with Gasteiger partial charge in [-0.15, -0.1) is 0 Å². The Morgan fingerprint density at radius 2 is 1.69 bits per heavy atom. The van der Waals surface area contributed by atoms with Crippen LogP contribution >= 0.6 is 11.6 Å². The first-order valence-corrected chi connectivity index (χ1v) is 12.2. The standard InChI is InChI=1S/C24H30ClF3N6O/c1-16-13-33(22-29-11-19(12-30-22)24(26,27)28)14-17(2)34(16)23(35)31-20-7-9-32(10-8-20)15-18-5-3-4-6-21(18)25/h3-6,11-12,16-17,20H,7-10,13-15H2,1-2H3,(H,31,35)/t16-,17+. The van der Waals surface area contributed by atoms with Crippen molar-refractivity contribution in [2.75, 3.05) is 31.1 Å². The van der Waals surface area contributed by atoms with Gasteiger partial charge in [-0.25, -0.2) is 14.8 Å². The molecule has 7 nitrogen and oxygen atoms in total. The van der Waals surface area contributed by atoms with Crippen molar-refractivity contribution in [1.82, 2.24) is 25.1 Å². The monoisotopic (exact) mass is 510 g/mol. The largest absolute Gasteiger partial charge is 0.419 e. The van der Waals surface area contributed by atoms with Crippen LogP contribution in [-0.2, 0) is 12.7 Å². The second-order valence-electron chi connectivity index (χ2n) is 9.37. The normalized spacial score (nSPS) is 22.3. The van der Waals surface area contributed by atoms with E-state index in [2.05, 4.69) is 20.2 Å². The van der Waals surface area contributed by atoms with Crippen molar-refractivity contribution >= 4 is 23.6 Å². The van der Waals surface area contributed by atoms with E-state index in [4.69, 9.17) is 11.6 Å². The molecule has 0 saturated carbocycles. The third-order valence-electron chi connectivity index (χ3n) is 6.67. The van der Waals surface area contributed by atoms with Crippen molar-refractivity contribution in [3.05, 3.63) is 52.8 Å². The summed E-state index contributed by atoms with van der Waals surface area (Å²) in [5.41, 5.74) is 0.229. The number of nitrogens with zero attached hydrogens (tertiary/aromatic N) is 5. The van der Waals surface area contributed by atoms with Gasteiger partial charge in [0.05, 0.1) is 5.56 Å². The summed E-state index contributed by atoms with van der Waals surface area (Å²) < 4.78 is 38.4. The van der Waals surface area contributed by atoms with Crippen LogP contribution in [0.4, 0.5) is 23.9 Å². The second kappa shape index (κ2) is 10.6. The Morgan fingerprint density at radius 1 is 1.09 bits per heavy atom. The van der Waals surface area contributed by atoms with Crippen molar-refractivity contribution in [3.63, 3.8) is 0 Å². The zero-order valence-electron chi connectivity index (χ0n) is 19.8. The van der Waals surface area contributed by atoms with Crippen LogP contribution in [-0.4, -0.2) is 70.1 Å². The first-order chi connectivity index (χ1) is 16.6. The molecule has 1 N–H and O–H groups in total. The fourth-order valence-electron chi connectivity index (χ4n) is 4.87. The molecule has 2 amide bonds. The number of aromatic nitrogens is 2. The molecule has 3 heterocycles. The molecule has 190 valence electrons. The molecule has 2 saturated heterocycles. The second-order valence-corrected chi connectivity index (χ2v) is 9.78. The van der Waals surface area contributed by atoms with Crippen molar-refractivity contribution in [1.29, 1.82) is 0 Å². The number of piperidine rings is 1. The number of hydrogen-bond acceptors (Lipinski definition) is 5. The summed E-state index contributed by atoms with van der Waals surface area (Å²) in [6.07, 6.45) is -1.15. The predicted octanol–water partition coefficient (Wildman–Crippen LogP) is 4.42. The number of halogens is 4. The number of carbonyl (C=O) groups excluding carboxylic acids is 1. The highest BCUT2D eigenvalue weighted by molar-refractivity contribution is 6.31. The number of anilines is 1. The van der Waals surface area contributed by atoms with Gasteiger partial charge in [0, 0.05) is 68.3 Å². The molecular weight excluding hydrogens is 481 g/mol. The van der Waals surface area contributed by atoms with Gasteiger partial charge in [-0.1, -0.05) is 29.8 Å². The van der Waals surface area contributed by atoms with E-state index < -0.39 is 11.7 Å². The van der Waals surface area contributed by atoms with Crippen LogP contribution in [0.1, 0.15) is 37.8 Å². The third kappa shape index (κ3) is 6.16. The minimum atomic E-state index is -4.47. The van der Waals surface area contributed by atoms with Crippen LogP contribution in [0.5, 0.6) is 0 Å². The fourth-order valence-corrected chi connectivity index (χ4v) is 5.06. The van der Waals surface area contributed by atoms with E-state index in [1.807, 2.05) is 47.9 Å². The van der Waals surface area contributed by atoms with Gasteiger partial charge in [0.25, 0.3) is 0 Å². The van der Waals surface area contributed by atoms with Crippen LogP contribution in [0.15, 0.2) is 36.7 Å². The molecule has 0 aliphatic carbocycles. The summed E-state index contributed by atoms with van der Waals surface area (Å²) in [4.78, 5) is 26.9. The van der Waals surface area contributed by atoms with E-state index in [9.17, 15) is 18.0 Å². The number of alkyl halides is 3. The Labute approximate surface area is 208 Å². The zero-order valence-corrected chi connectivity index (χ0v) is 20.6. The molecule has 0 spiro atoms. The third-order valence-corrected chi connectivity index (χ3v) is 7.04. The lowest BCUT2D eigenvalue weighted by atomic mass is 10.0. The van der Waals surface area contributed by atoms with Gasteiger partial charge in [-0.3, -0.25) is 4.90 Å². The molecule has 2 atom stereocenters. The molecule has 2 aliphatic heterocycles. The van der Waals surface area contributed by atoms with Gasteiger partial charge in [0.2, 0.25) is 5.95 Å². The highest BCUT2D eigenvalue weighted by Crippen LogP contribution is 2.29. The maximum atomic E-state index is 13.1. The molecule has 0 radical (unpaired) electrons. The molecule has 4 rings (SSSR count). The summed E-state index contributed by atoms with van der Waals surface area (Å²) in [6, 6.07) is 7.54. The molecule has 1 aromatic heterocycles. The van der Waals surface area contributed by atoms with E-state index in [1.165, 1.54) is 0 Å². The summed E-state index contributed by atoms with van der Waals surface area (Å²) in [5, 5.41) is 3.95. The molecule has 0 bridgehead atoms. The fraction of sp³-hybridized carbons (Fsp3) is 0.542. The molecular formula is C24H30ClF3N6O. The van der Waals surface area contributed by atoms with Crippen LogP contribution < -0.4 is 10.2 Å². The van der Waals surface area contributed by atoms with Crippen molar-refractivity contribution in [2.24, 2.45) is 0 Å². The minimum absolute atomic E-state index is 0.0978. The van der Waals surface area contributed by atoms with E-state index >= 15 is 0 Å². The number of amides is 2. The number of piperazine rings is 1. The number of nitrogens with one attached hydrogen (secondary N) is 1. The van der Waals surface area contributed by atoms with E-state index in [0.717, 1.165) is 55.5 Å². The lowest BCUT2D eigenvalue weighted by Crippen LogP contribution is -2.62. The highest BCUT2D eigenvalue weighted by atomic mass is 35.5. The van der Waals surface area contributed by atoms with Gasteiger partial charge in [0.1, 0.15) is 0 Å². The lowest BCUT2D eigenvalue weighted by Gasteiger charge is -2.45. The van der Waals surface area contributed by atoms with E-state index in [1.54, 1.807) is 0 Å². The first kappa shape index (κ1) is 25.5. The smallest absolute Gasteiger partial charge is 0.337 e. The van der Waals surface area contributed by atoms with Crippen molar-refractivity contribution in [3.8, 4) is 0 Å².